The summed E-state index contributed by atoms with van der Waals surface area (Å²) in [5, 5.41) is 6.85. The number of guanidine groups is 1. The third-order valence-corrected chi connectivity index (χ3v) is 5.85. The summed E-state index contributed by atoms with van der Waals surface area (Å²) >= 11 is 0. The molecule has 0 saturated heterocycles. The number of likely N-dealkylation sites (N-methyl/N-ethyl adjacent to an activating group) is 1. The van der Waals surface area contributed by atoms with E-state index in [-0.39, 0.29) is 35.3 Å². The van der Waals surface area contributed by atoms with Crippen molar-refractivity contribution in [1.82, 2.24) is 20.4 Å². The molecule has 2 rings (SSSR count). The van der Waals surface area contributed by atoms with Gasteiger partial charge in [0.15, 0.2) is 5.96 Å². The highest BCUT2D eigenvalue weighted by Crippen LogP contribution is 2.39. The van der Waals surface area contributed by atoms with Crippen molar-refractivity contribution >= 4 is 35.8 Å². The van der Waals surface area contributed by atoms with E-state index >= 15 is 0 Å². The van der Waals surface area contributed by atoms with E-state index in [9.17, 15) is 4.79 Å². The summed E-state index contributed by atoms with van der Waals surface area (Å²) in [7, 11) is 7.92. The lowest BCUT2D eigenvalue weighted by molar-refractivity contribution is -0.138. The fourth-order valence-electron chi connectivity index (χ4n) is 4.08. The van der Waals surface area contributed by atoms with Gasteiger partial charge in [0.1, 0.15) is 0 Å². The largest absolute Gasteiger partial charge is 0.357 e. The van der Waals surface area contributed by atoms with Crippen LogP contribution >= 0.6 is 24.0 Å². The minimum Gasteiger partial charge on any atom is -0.357 e. The summed E-state index contributed by atoms with van der Waals surface area (Å²) in [5.74, 6) is 1.01. The number of hydrogen-bond acceptors (Lipinski definition) is 3. The Labute approximate surface area is 199 Å². The average Bonchev–Trinajstić information content (AvgIpc) is 3.19. The molecule has 1 amide bonds. The average molecular weight is 530 g/mol. The lowest BCUT2D eigenvalue weighted by Gasteiger charge is -2.30. The van der Waals surface area contributed by atoms with Crippen molar-refractivity contribution in [3.8, 4) is 0 Å². The predicted molar refractivity (Wildman–Crippen MR) is 137 cm³/mol. The van der Waals surface area contributed by atoms with Crippen LogP contribution in [-0.2, 0) is 11.2 Å². The molecule has 1 aliphatic rings. The van der Waals surface area contributed by atoms with Crippen LogP contribution in [0.15, 0.2) is 35.3 Å². The van der Waals surface area contributed by atoms with Crippen molar-refractivity contribution in [3.05, 3.63) is 35.9 Å². The number of carbonyl (C=O) groups is 1. The topological polar surface area (TPSA) is 60.0 Å². The van der Waals surface area contributed by atoms with Gasteiger partial charge in [-0.25, -0.2) is 0 Å². The van der Waals surface area contributed by atoms with Crippen LogP contribution in [-0.4, -0.2) is 75.5 Å². The van der Waals surface area contributed by atoms with E-state index in [0.717, 1.165) is 51.2 Å². The molecule has 30 heavy (non-hydrogen) atoms. The Hall–Kier alpha value is -1.35. The van der Waals surface area contributed by atoms with Gasteiger partial charge in [0.2, 0.25) is 5.91 Å². The Morgan fingerprint density at radius 3 is 2.27 bits per heavy atom. The molecule has 2 N–H and O–H groups in total. The molecule has 6 nitrogen and oxygen atoms in total. The Kier molecular flexibility index (Phi) is 11.7. The molecule has 1 aromatic carbocycles. The molecule has 170 valence electrons. The Balaban J connectivity index is 0.00000450. The predicted octanol–water partition coefficient (Wildman–Crippen LogP) is 2.98. The molecule has 0 aliphatic heterocycles. The highest BCUT2D eigenvalue weighted by atomic mass is 127. The van der Waals surface area contributed by atoms with Crippen molar-refractivity contribution in [2.45, 2.75) is 45.1 Å². The zero-order valence-electron chi connectivity index (χ0n) is 19.3. The van der Waals surface area contributed by atoms with E-state index in [4.69, 9.17) is 4.99 Å². The molecule has 7 heteroatoms. The second kappa shape index (κ2) is 13.1. The summed E-state index contributed by atoms with van der Waals surface area (Å²) in [4.78, 5) is 21.6. The SMILES string of the molecule is CCNC(=NCC1(C(=O)N(C)C)CCCC1)NCC(Cc1ccccc1)N(C)C.I. The molecule has 1 aliphatic carbocycles. The minimum absolute atomic E-state index is 0. The van der Waals surface area contributed by atoms with Gasteiger partial charge in [-0.1, -0.05) is 43.2 Å². The van der Waals surface area contributed by atoms with Gasteiger partial charge >= 0.3 is 0 Å². The van der Waals surface area contributed by atoms with Crippen LogP contribution in [0, 0.1) is 5.41 Å². The molecule has 0 bridgehead atoms. The summed E-state index contributed by atoms with van der Waals surface area (Å²) in [5.41, 5.74) is 0.994. The fraction of sp³-hybridized carbons (Fsp3) is 0.652. The minimum atomic E-state index is -0.336. The van der Waals surface area contributed by atoms with Crippen LogP contribution in [0.2, 0.25) is 0 Å². The number of benzene rings is 1. The molecule has 0 aromatic heterocycles. The maximum Gasteiger partial charge on any atom is 0.230 e. The third kappa shape index (κ3) is 7.72. The van der Waals surface area contributed by atoms with Crippen LogP contribution in [0.3, 0.4) is 0 Å². The van der Waals surface area contributed by atoms with Crippen LogP contribution in [0.5, 0.6) is 0 Å². The fourth-order valence-corrected chi connectivity index (χ4v) is 4.08. The van der Waals surface area contributed by atoms with Gasteiger partial charge < -0.3 is 20.4 Å². The first-order valence-corrected chi connectivity index (χ1v) is 10.8. The van der Waals surface area contributed by atoms with Gasteiger partial charge in [-0.15, -0.1) is 24.0 Å². The van der Waals surface area contributed by atoms with Gasteiger partial charge in [0.05, 0.1) is 12.0 Å². The number of carbonyl (C=O) groups excluding carboxylic acids is 1. The summed E-state index contributed by atoms with van der Waals surface area (Å²) in [6.07, 6.45) is 5.06. The third-order valence-electron chi connectivity index (χ3n) is 5.85. The van der Waals surface area contributed by atoms with Crippen LogP contribution in [0.1, 0.15) is 38.2 Å². The van der Waals surface area contributed by atoms with Crippen molar-refractivity contribution in [2.24, 2.45) is 10.4 Å². The summed E-state index contributed by atoms with van der Waals surface area (Å²) < 4.78 is 0. The lowest BCUT2D eigenvalue weighted by Crippen LogP contribution is -2.47. The molecule has 1 unspecified atom stereocenters. The summed E-state index contributed by atoms with van der Waals surface area (Å²) in [6.45, 7) is 4.21. The van der Waals surface area contributed by atoms with E-state index in [2.05, 4.69) is 66.9 Å². The van der Waals surface area contributed by atoms with Crippen molar-refractivity contribution in [3.63, 3.8) is 0 Å². The smallest absolute Gasteiger partial charge is 0.230 e. The van der Waals surface area contributed by atoms with Crippen LogP contribution in [0.25, 0.3) is 0 Å². The molecule has 1 fully saturated rings. The second-order valence-corrected chi connectivity index (χ2v) is 8.57. The van der Waals surface area contributed by atoms with E-state index in [1.54, 1.807) is 4.90 Å². The zero-order chi connectivity index (χ0) is 21.3. The van der Waals surface area contributed by atoms with E-state index in [1.165, 1.54) is 5.56 Å². The molecule has 0 heterocycles. The number of halogens is 1. The molecule has 1 saturated carbocycles. The number of aliphatic imine (C=N–C) groups is 1. The Morgan fingerprint density at radius 1 is 1.10 bits per heavy atom. The Bertz CT molecular complexity index is 657. The molecule has 1 aromatic rings. The highest BCUT2D eigenvalue weighted by molar-refractivity contribution is 14.0. The van der Waals surface area contributed by atoms with Crippen LogP contribution in [0.4, 0.5) is 0 Å². The zero-order valence-corrected chi connectivity index (χ0v) is 21.6. The number of nitrogens with zero attached hydrogens (tertiary/aromatic N) is 3. The van der Waals surface area contributed by atoms with Gasteiger partial charge in [-0.2, -0.15) is 0 Å². The van der Waals surface area contributed by atoms with Crippen molar-refractivity contribution in [1.29, 1.82) is 0 Å². The van der Waals surface area contributed by atoms with Crippen LogP contribution < -0.4 is 10.6 Å². The number of hydrogen-bond donors (Lipinski definition) is 2. The monoisotopic (exact) mass is 529 g/mol. The van der Waals surface area contributed by atoms with E-state index in [1.807, 2.05) is 14.1 Å². The summed E-state index contributed by atoms with van der Waals surface area (Å²) in [6, 6.07) is 10.9. The number of nitrogens with one attached hydrogen (secondary N) is 2. The van der Waals surface area contributed by atoms with Crippen molar-refractivity contribution < 1.29 is 4.79 Å². The number of amides is 1. The first-order valence-electron chi connectivity index (χ1n) is 10.8. The quantitative estimate of drug-likeness (QED) is 0.294. The van der Waals surface area contributed by atoms with E-state index < -0.39 is 0 Å². The number of rotatable bonds is 9. The Morgan fingerprint density at radius 2 is 1.73 bits per heavy atom. The normalized spacial score (nSPS) is 16.7. The maximum atomic E-state index is 12.8. The van der Waals surface area contributed by atoms with E-state index in [0.29, 0.717) is 12.6 Å². The standard InChI is InChI=1S/C23H39N5O.HI/c1-6-24-22(26-18-23(14-10-11-15-23)21(29)28(4)5)25-17-20(27(2)3)16-19-12-8-7-9-13-19;/h7-9,12-13,20H,6,10-11,14-18H2,1-5H3,(H2,24,25,26);1H. The van der Waals surface area contributed by atoms with Crippen molar-refractivity contribution in [2.75, 3.05) is 47.8 Å². The molecule has 1 atom stereocenters. The first-order chi connectivity index (χ1) is 13.9. The highest BCUT2D eigenvalue weighted by Gasteiger charge is 2.42. The van der Waals surface area contributed by atoms with Gasteiger partial charge in [0.25, 0.3) is 0 Å². The second-order valence-electron chi connectivity index (χ2n) is 8.57. The molecular formula is C23H40IN5O. The van der Waals surface area contributed by atoms with Gasteiger partial charge in [-0.3, -0.25) is 9.79 Å². The van der Waals surface area contributed by atoms with Gasteiger partial charge in [0, 0.05) is 33.2 Å². The molecular weight excluding hydrogens is 489 g/mol. The maximum absolute atomic E-state index is 12.8. The van der Waals surface area contributed by atoms with Gasteiger partial charge in [-0.05, 0) is 45.8 Å². The lowest BCUT2D eigenvalue weighted by atomic mass is 9.85. The molecule has 0 spiro atoms. The first kappa shape index (κ1) is 26.7. The molecule has 0 radical (unpaired) electrons.